The summed E-state index contributed by atoms with van der Waals surface area (Å²) in [7, 11) is 1.97. The van der Waals surface area contributed by atoms with E-state index in [0.717, 1.165) is 11.4 Å². The van der Waals surface area contributed by atoms with Crippen molar-refractivity contribution in [2.24, 2.45) is 11.7 Å². The van der Waals surface area contributed by atoms with Crippen LogP contribution in [0.3, 0.4) is 0 Å². The summed E-state index contributed by atoms with van der Waals surface area (Å²) in [6, 6.07) is 7.73. The Balaban J connectivity index is 1.83. The zero-order valence-electron chi connectivity index (χ0n) is 12.8. The molecule has 0 heterocycles. The van der Waals surface area contributed by atoms with Crippen molar-refractivity contribution in [3.63, 3.8) is 0 Å². The van der Waals surface area contributed by atoms with E-state index in [9.17, 15) is 4.79 Å². The van der Waals surface area contributed by atoms with E-state index in [1.165, 1.54) is 12.8 Å². The predicted molar refractivity (Wildman–Crippen MR) is 84.4 cm³/mol. The highest BCUT2D eigenvalue weighted by atomic mass is 16.5. The minimum atomic E-state index is -0.0132. The SMILES string of the molecule is CCOc1ccc(NC(=O)CN(C)C(CN)C2CC2)cc1. The molecule has 0 aromatic heterocycles. The van der Waals surface area contributed by atoms with Gasteiger partial charge in [0, 0.05) is 18.3 Å². The van der Waals surface area contributed by atoms with Crippen LogP contribution in [-0.4, -0.2) is 43.6 Å². The molecule has 2 rings (SSSR count). The number of rotatable bonds is 8. The van der Waals surface area contributed by atoms with Crippen molar-refractivity contribution in [3.8, 4) is 5.75 Å². The molecule has 3 N–H and O–H groups in total. The van der Waals surface area contributed by atoms with Crippen molar-refractivity contribution < 1.29 is 9.53 Å². The van der Waals surface area contributed by atoms with Gasteiger partial charge in [0.1, 0.15) is 5.75 Å². The zero-order chi connectivity index (χ0) is 15.2. The third-order valence-corrected chi connectivity index (χ3v) is 3.82. The van der Waals surface area contributed by atoms with Crippen LogP contribution in [0.2, 0.25) is 0 Å². The minimum absolute atomic E-state index is 0.0132. The number of carbonyl (C=O) groups is 1. The summed E-state index contributed by atoms with van der Waals surface area (Å²) in [4.78, 5) is 14.1. The molecule has 1 amide bonds. The Morgan fingerprint density at radius 1 is 1.43 bits per heavy atom. The first-order valence-electron chi connectivity index (χ1n) is 7.57. The fourth-order valence-corrected chi connectivity index (χ4v) is 2.56. The van der Waals surface area contributed by atoms with Gasteiger partial charge in [-0.05, 0) is 57.0 Å². The summed E-state index contributed by atoms with van der Waals surface area (Å²) in [5.74, 6) is 1.46. The number of hydrogen-bond acceptors (Lipinski definition) is 4. The molecular weight excluding hydrogens is 266 g/mol. The third kappa shape index (κ3) is 4.72. The average molecular weight is 291 g/mol. The van der Waals surface area contributed by atoms with E-state index in [1.54, 1.807) is 0 Å². The Hall–Kier alpha value is -1.59. The van der Waals surface area contributed by atoms with Crippen LogP contribution in [0.4, 0.5) is 5.69 Å². The predicted octanol–water partition coefficient (Wildman–Crippen LogP) is 1.69. The third-order valence-electron chi connectivity index (χ3n) is 3.82. The molecule has 1 aromatic carbocycles. The van der Waals surface area contributed by atoms with Crippen molar-refractivity contribution in [2.45, 2.75) is 25.8 Å². The molecule has 1 unspecified atom stereocenters. The van der Waals surface area contributed by atoms with E-state index in [-0.39, 0.29) is 5.91 Å². The second kappa shape index (κ2) is 7.43. The van der Waals surface area contributed by atoms with Crippen molar-refractivity contribution in [1.29, 1.82) is 0 Å². The lowest BCUT2D eigenvalue weighted by atomic mass is 10.1. The monoisotopic (exact) mass is 291 g/mol. The lowest BCUT2D eigenvalue weighted by Crippen LogP contribution is -2.43. The molecule has 1 fully saturated rings. The minimum Gasteiger partial charge on any atom is -0.494 e. The Bertz CT molecular complexity index is 457. The maximum absolute atomic E-state index is 12.1. The van der Waals surface area contributed by atoms with Gasteiger partial charge in [-0.3, -0.25) is 9.69 Å². The van der Waals surface area contributed by atoms with Gasteiger partial charge in [-0.2, -0.15) is 0 Å². The Kier molecular flexibility index (Phi) is 5.59. The van der Waals surface area contributed by atoms with Gasteiger partial charge in [0.2, 0.25) is 5.91 Å². The largest absolute Gasteiger partial charge is 0.494 e. The normalized spacial score (nSPS) is 15.8. The Morgan fingerprint density at radius 2 is 2.10 bits per heavy atom. The first-order valence-corrected chi connectivity index (χ1v) is 7.57. The summed E-state index contributed by atoms with van der Waals surface area (Å²) in [6.45, 7) is 3.56. The quantitative estimate of drug-likeness (QED) is 0.765. The van der Waals surface area contributed by atoms with Crippen LogP contribution in [-0.2, 0) is 4.79 Å². The standard InChI is InChI=1S/C16H25N3O2/c1-3-21-14-8-6-13(7-9-14)18-16(20)11-19(2)15(10-17)12-4-5-12/h6-9,12,15H,3-5,10-11,17H2,1-2H3,(H,18,20). The zero-order valence-corrected chi connectivity index (χ0v) is 12.8. The topological polar surface area (TPSA) is 67.6 Å². The molecule has 0 spiro atoms. The van der Waals surface area contributed by atoms with Crippen LogP contribution in [0.5, 0.6) is 5.75 Å². The number of carbonyl (C=O) groups excluding carboxylic acids is 1. The smallest absolute Gasteiger partial charge is 0.238 e. The lowest BCUT2D eigenvalue weighted by molar-refractivity contribution is -0.117. The van der Waals surface area contributed by atoms with Gasteiger partial charge in [-0.1, -0.05) is 0 Å². The number of nitrogens with one attached hydrogen (secondary N) is 1. The van der Waals surface area contributed by atoms with Gasteiger partial charge in [0.15, 0.2) is 0 Å². The Labute approximate surface area is 126 Å². The van der Waals surface area contributed by atoms with Gasteiger partial charge in [-0.15, -0.1) is 0 Å². The van der Waals surface area contributed by atoms with E-state index in [2.05, 4.69) is 10.2 Å². The molecule has 1 saturated carbocycles. The molecule has 0 aliphatic heterocycles. The summed E-state index contributed by atoms with van der Waals surface area (Å²) in [5.41, 5.74) is 6.59. The van der Waals surface area contributed by atoms with E-state index >= 15 is 0 Å². The van der Waals surface area contributed by atoms with Crippen LogP contribution in [0.25, 0.3) is 0 Å². The molecule has 21 heavy (non-hydrogen) atoms. The fraction of sp³-hybridized carbons (Fsp3) is 0.562. The highest BCUT2D eigenvalue weighted by molar-refractivity contribution is 5.92. The van der Waals surface area contributed by atoms with E-state index < -0.39 is 0 Å². The second-order valence-electron chi connectivity index (χ2n) is 5.56. The van der Waals surface area contributed by atoms with Crippen LogP contribution in [0, 0.1) is 5.92 Å². The second-order valence-corrected chi connectivity index (χ2v) is 5.56. The molecule has 5 nitrogen and oxygen atoms in total. The lowest BCUT2D eigenvalue weighted by Gasteiger charge is -2.26. The van der Waals surface area contributed by atoms with Crippen molar-refractivity contribution >= 4 is 11.6 Å². The van der Waals surface area contributed by atoms with E-state index in [0.29, 0.717) is 31.7 Å². The van der Waals surface area contributed by atoms with Crippen molar-refractivity contribution in [1.82, 2.24) is 4.90 Å². The van der Waals surface area contributed by atoms with Crippen LogP contribution >= 0.6 is 0 Å². The van der Waals surface area contributed by atoms with Crippen molar-refractivity contribution in [3.05, 3.63) is 24.3 Å². The molecule has 1 aromatic rings. The molecule has 0 radical (unpaired) electrons. The summed E-state index contributed by atoms with van der Waals surface area (Å²) < 4.78 is 5.37. The fourth-order valence-electron chi connectivity index (χ4n) is 2.56. The number of anilines is 1. The molecular formula is C16H25N3O2. The number of ether oxygens (including phenoxy) is 1. The highest BCUT2D eigenvalue weighted by Gasteiger charge is 2.33. The van der Waals surface area contributed by atoms with Crippen LogP contribution in [0.1, 0.15) is 19.8 Å². The number of nitrogens with zero attached hydrogens (tertiary/aromatic N) is 1. The molecule has 1 aliphatic rings. The molecule has 116 valence electrons. The maximum atomic E-state index is 12.1. The van der Waals surface area contributed by atoms with Crippen molar-refractivity contribution in [2.75, 3.05) is 32.1 Å². The highest BCUT2D eigenvalue weighted by Crippen LogP contribution is 2.34. The van der Waals surface area contributed by atoms with Crippen LogP contribution < -0.4 is 15.8 Å². The number of benzene rings is 1. The van der Waals surface area contributed by atoms with Crippen LogP contribution in [0.15, 0.2) is 24.3 Å². The number of amides is 1. The Morgan fingerprint density at radius 3 is 2.62 bits per heavy atom. The van der Waals surface area contributed by atoms with Gasteiger partial charge in [0.05, 0.1) is 13.2 Å². The molecule has 0 saturated heterocycles. The summed E-state index contributed by atoms with van der Waals surface area (Å²) >= 11 is 0. The van der Waals surface area contributed by atoms with Gasteiger partial charge in [-0.25, -0.2) is 0 Å². The first kappa shape index (κ1) is 15.8. The van der Waals surface area contributed by atoms with E-state index in [1.807, 2.05) is 38.2 Å². The first-order chi connectivity index (χ1) is 10.1. The molecule has 0 bridgehead atoms. The summed E-state index contributed by atoms with van der Waals surface area (Å²) in [6.07, 6.45) is 2.46. The number of nitrogens with two attached hydrogens (primary N) is 1. The molecule has 1 aliphatic carbocycles. The number of hydrogen-bond donors (Lipinski definition) is 2. The van der Waals surface area contributed by atoms with Gasteiger partial charge in [0.25, 0.3) is 0 Å². The average Bonchev–Trinajstić information content (AvgIpc) is 3.26. The van der Waals surface area contributed by atoms with Gasteiger partial charge >= 0.3 is 0 Å². The summed E-state index contributed by atoms with van der Waals surface area (Å²) in [5, 5.41) is 2.90. The van der Waals surface area contributed by atoms with Gasteiger partial charge < -0.3 is 15.8 Å². The molecule has 5 heteroatoms. The van der Waals surface area contributed by atoms with E-state index in [4.69, 9.17) is 10.5 Å². The number of likely N-dealkylation sites (N-methyl/N-ethyl adjacent to an activating group) is 1. The molecule has 1 atom stereocenters. The maximum Gasteiger partial charge on any atom is 0.238 e.